The Kier molecular flexibility index (Phi) is 3.93. The van der Waals surface area contributed by atoms with E-state index in [1.54, 1.807) is 0 Å². The van der Waals surface area contributed by atoms with E-state index in [2.05, 4.69) is 32.0 Å². The van der Waals surface area contributed by atoms with Gasteiger partial charge in [-0.05, 0) is 35.1 Å². The molecule has 0 aromatic heterocycles. The second kappa shape index (κ2) is 5.63. The Morgan fingerprint density at radius 3 is 2.28 bits per heavy atom. The highest BCUT2D eigenvalue weighted by molar-refractivity contribution is 5.88. The Morgan fingerprint density at radius 1 is 0.889 bits per heavy atom. The number of hydrogen-bond donors (Lipinski definition) is 0. The van der Waals surface area contributed by atoms with Gasteiger partial charge in [0.15, 0.2) is 6.29 Å². The van der Waals surface area contributed by atoms with Crippen LogP contribution in [-0.4, -0.2) is 6.29 Å². The van der Waals surface area contributed by atoms with E-state index in [0.717, 1.165) is 30.3 Å². The maximum Gasteiger partial charge on any atom is 0.150 e. The molecule has 0 radical (unpaired) electrons. The fraction of sp³-hybridized carbons (Fsp3) is 0.235. The maximum atomic E-state index is 11.2. The van der Waals surface area contributed by atoms with Gasteiger partial charge in [0, 0.05) is 5.56 Å². The zero-order valence-corrected chi connectivity index (χ0v) is 10.9. The van der Waals surface area contributed by atoms with Crippen molar-refractivity contribution in [1.29, 1.82) is 0 Å². The van der Waals surface area contributed by atoms with Crippen LogP contribution in [0, 0.1) is 0 Å². The normalized spacial score (nSPS) is 10.3. The van der Waals surface area contributed by atoms with E-state index >= 15 is 0 Å². The summed E-state index contributed by atoms with van der Waals surface area (Å²) in [6, 6.07) is 14.2. The van der Waals surface area contributed by atoms with Crippen LogP contribution in [-0.2, 0) is 12.8 Å². The highest BCUT2D eigenvalue weighted by Gasteiger charge is 2.10. The molecule has 0 unspecified atom stereocenters. The predicted octanol–water partition coefficient (Wildman–Crippen LogP) is 4.29. The quantitative estimate of drug-likeness (QED) is 0.726. The van der Waals surface area contributed by atoms with Crippen molar-refractivity contribution in [2.24, 2.45) is 0 Å². The largest absolute Gasteiger partial charge is 0.298 e. The summed E-state index contributed by atoms with van der Waals surface area (Å²) in [6.07, 6.45) is 2.96. The summed E-state index contributed by atoms with van der Waals surface area (Å²) < 4.78 is 0. The van der Waals surface area contributed by atoms with Crippen molar-refractivity contribution in [2.75, 3.05) is 0 Å². The summed E-state index contributed by atoms with van der Waals surface area (Å²) in [5.41, 5.74) is 5.73. The molecule has 2 aromatic rings. The molecule has 1 nitrogen and oxygen atoms in total. The zero-order chi connectivity index (χ0) is 13.0. The Labute approximate surface area is 108 Å². The fourth-order valence-corrected chi connectivity index (χ4v) is 2.48. The minimum Gasteiger partial charge on any atom is -0.298 e. The summed E-state index contributed by atoms with van der Waals surface area (Å²) in [6.45, 7) is 4.34. The molecule has 0 aliphatic heterocycles. The van der Waals surface area contributed by atoms with Crippen molar-refractivity contribution < 1.29 is 4.79 Å². The first-order chi connectivity index (χ1) is 8.81. The smallest absolute Gasteiger partial charge is 0.150 e. The van der Waals surface area contributed by atoms with Gasteiger partial charge in [0.05, 0.1) is 0 Å². The van der Waals surface area contributed by atoms with Gasteiger partial charge < -0.3 is 0 Å². The molecule has 0 amide bonds. The number of carbonyl (C=O) groups excluding carboxylic acids is 1. The lowest BCUT2D eigenvalue weighted by atomic mass is 9.90. The van der Waals surface area contributed by atoms with Crippen LogP contribution in [0.25, 0.3) is 11.1 Å². The minimum absolute atomic E-state index is 0.764. The number of carbonyl (C=O) groups is 1. The standard InChI is InChI=1S/C17H18O/c1-3-13-9-7-11-17(15(13)4-2)16-10-6-5-8-14(16)12-18/h5-12H,3-4H2,1-2H3. The Bertz CT molecular complexity index is 555. The summed E-state index contributed by atoms with van der Waals surface area (Å²) in [7, 11) is 0. The topological polar surface area (TPSA) is 17.1 Å². The van der Waals surface area contributed by atoms with Gasteiger partial charge in [-0.25, -0.2) is 0 Å². The molecule has 0 atom stereocenters. The fourth-order valence-electron chi connectivity index (χ4n) is 2.48. The average molecular weight is 238 g/mol. The van der Waals surface area contributed by atoms with Gasteiger partial charge in [-0.2, -0.15) is 0 Å². The van der Waals surface area contributed by atoms with Crippen LogP contribution in [0.2, 0.25) is 0 Å². The first kappa shape index (κ1) is 12.6. The third-order valence-corrected chi connectivity index (χ3v) is 3.39. The van der Waals surface area contributed by atoms with Gasteiger partial charge >= 0.3 is 0 Å². The van der Waals surface area contributed by atoms with Crippen molar-refractivity contribution in [3.05, 3.63) is 59.2 Å². The molecule has 0 N–H and O–H groups in total. The third-order valence-electron chi connectivity index (χ3n) is 3.39. The highest BCUT2D eigenvalue weighted by atomic mass is 16.1. The van der Waals surface area contributed by atoms with Crippen LogP contribution in [0.1, 0.15) is 35.3 Å². The Hall–Kier alpha value is -1.89. The van der Waals surface area contributed by atoms with Crippen molar-refractivity contribution in [2.45, 2.75) is 26.7 Å². The number of aldehydes is 1. The molecule has 0 bridgehead atoms. The van der Waals surface area contributed by atoms with Gasteiger partial charge in [0.25, 0.3) is 0 Å². The molecule has 0 saturated heterocycles. The molecular formula is C17H18O. The number of hydrogen-bond acceptors (Lipinski definition) is 1. The number of benzene rings is 2. The third kappa shape index (κ3) is 2.21. The van der Waals surface area contributed by atoms with Gasteiger partial charge in [-0.1, -0.05) is 56.3 Å². The molecule has 2 rings (SSSR count). The maximum absolute atomic E-state index is 11.2. The molecular weight excluding hydrogens is 220 g/mol. The monoisotopic (exact) mass is 238 g/mol. The molecule has 18 heavy (non-hydrogen) atoms. The van der Waals surface area contributed by atoms with Crippen LogP contribution >= 0.6 is 0 Å². The van der Waals surface area contributed by atoms with Crippen LogP contribution < -0.4 is 0 Å². The molecule has 0 saturated carbocycles. The first-order valence-electron chi connectivity index (χ1n) is 6.47. The van der Waals surface area contributed by atoms with E-state index in [9.17, 15) is 4.79 Å². The van der Waals surface area contributed by atoms with E-state index in [1.165, 1.54) is 16.7 Å². The molecule has 0 aliphatic carbocycles. The van der Waals surface area contributed by atoms with Crippen molar-refractivity contribution in [3.63, 3.8) is 0 Å². The van der Waals surface area contributed by atoms with Crippen LogP contribution in [0.5, 0.6) is 0 Å². The highest BCUT2D eigenvalue weighted by Crippen LogP contribution is 2.29. The van der Waals surface area contributed by atoms with E-state index in [4.69, 9.17) is 0 Å². The minimum atomic E-state index is 0.764. The van der Waals surface area contributed by atoms with E-state index in [0.29, 0.717) is 0 Å². The lowest BCUT2D eigenvalue weighted by Crippen LogP contribution is -1.97. The number of aryl methyl sites for hydroxylation is 1. The molecule has 92 valence electrons. The lowest BCUT2D eigenvalue weighted by Gasteiger charge is -2.14. The van der Waals surface area contributed by atoms with Crippen LogP contribution in [0.4, 0.5) is 0 Å². The van der Waals surface area contributed by atoms with E-state index < -0.39 is 0 Å². The molecule has 0 heterocycles. The van der Waals surface area contributed by atoms with E-state index in [-0.39, 0.29) is 0 Å². The SMILES string of the molecule is CCc1cccc(-c2ccccc2C=O)c1CC. The van der Waals surface area contributed by atoms with Crippen molar-refractivity contribution in [3.8, 4) is 11.1 Å². The lowest BCUT2D eigenvalue weighted by molar-refractivity contribution is 0.112. The Balaban J connectivity index is 2.67. The van der Waals surface area contributed by atoms with Gasteiger partial charge in [0.2, 0.25) is 0 Å². The molecule has 0 fully saturated rings. The molecule has 0 aliphatic rings. The summed E-state index contributed by atoms with van der Waals surface area (Å²) in [5.74, 6) is 0. The first-order valence-corrected chi connectivity index (χ1v) is 6.47. The van der Waals surface area contributed by atoms with Gasteiger partial charge in [-0.15, -0.1) is 0 Å². The second-order valence-electron chi connectivity index (χ2n) is 4.36. The van der Waals surface area contributed by atoms with Gasteiger partial charge in [-0.3, -0.25) is 4.79 Å². The van der Waals surface area contributed by atoms with Crippen LogP contribution in [0.3, 0.4) is 0 Å². The molecule has 1 heteroatoms. The summed E-state index contributed by atoms with van der Waals surface area (Å²) in [5, 5.41) is 0. The van der Waals surface area contributed by atoms with Crippen LogP contribution in [0.15, 0.2) is 42.5 Å². The molecule has 2 aromatic carbocycles. The van der Waals surface area contributed by atoms with Gasteiger partial charge in [0.1, 0.15) is 0 Å². The average Bonchev–Trinajstić information content (AvgIpc) is 2.46. The summed E-state index contributed by atoms with van der Waals surface area (Å²) in [4.78, 5) is 11.2. The number of rotatable bonds is 4. The zero-order valence-electron chi connectivity index (χ0n) is 10.9. The second-order valence-corrected chi connectivity index (χ2v) is 4.36. The van der Waals surface area contributed by atoms with E-state index in [1.807, 2.05) is 24.3 Å². The van der Waals surface area contributed by atoms with Crippen molar-refractivity contribution >= 4 is 6.29 Å². The van der Waals surface area contributed by atoms with Crippen molar-refractivity contribution in [1.82, 2.24) is 0 Å². The molecule has 0 spiro atoms. The summed E-state index contributed by atoms with van der Waals surface area (Å²) >= 11 is 0. The Morgan fingerprint density at radius 2 is 1.61 bits per heavy atom. The predicted molar refractivity (Wildman–Crippen MR) is 76.0 cm³/mol.